The van der Waals surface area contributed by atoms with Crippen LogP contribution in [-0.2, 0) is 0 Å². The largest absolute Gasteiger partial charge is 0.673 e. The molecule has 0 unspecified atom stereocenters. The first-order valence-corrected chi connectivity index (χ1v) is 4.86. The van der Waals surface area contributed by atoms with Crippen LogP contribution >= 0.6 is 0 Å². The first-order valence-electron chi connectivity index (χ1n) is 4.86. The van der Waals surface area contributed by atoms with Gasteiger partial charge in [-0.05, 0) is 0 Å². The highest BCUT2D eigenvalue weighted by Gasteiger charge is 2.20. The second kappa shape index (κ2) is 5.62. The molecule has 2 aliphatic heterocycles. The molecule has 4 N–H and O–H groups in total. The monoisotopic (exact) mass is 240 g/mol. The number of nitrogens with one attached hydrogen (secondary N) is 4. The summed E-state index contributed by atoms with van der Waals surface area (Å²) in [4.78, 5) is 3.23. The quantitative estimate of drug-likeness (QED) is 0.330. The SMILES string of the molecule is C(=C1NCCN1)C1=[NH+]CCN1.F[B-](F)(F)F. The van der Waals surface area contributed by atoms with E-state index in [2.05, 4.69) is 27.0 Å². The van der Waals surface area contributed by atoms with Crippen LogP contribution in [0.15, 0.2) is 11.9 Å². The molecule has 16 heavy (non-hydrogen) atoms. The summed E-state index contributed by atoms with van der Waals surface area (Å²) in [6.45, 7) is 4.11. The minimum atomic E-state index is -6.00. The van der Waals surface area contributed by atoms with Gasteiger partial charge in [-0.3, -0.25) is 10.3 Å². The third-order valence-corrected chi connectivity index (χ3v) is 1.80. The molecule has 2 heterocycles. The Kier molecular flexibility index (Phi) is 4.45. The van der Waals surface area contributed by atoms with Gasteiger partial charge in [0.1, 0.15) is 18.9 Å². The van der Waals surface area contributed by atoms with Crippen LogP contribution in [-0.4, -0.2) is 39.3 Å². The van der Waals surface area contributed by atoms with E-state index in [1.807, 2.05) is 0 Å². The number of rotatable bonds is 1. The van der Waals surface area contributed by atoms with Gasteiger partial charge >= 0.3 is 7.25 Å². The van der Waals surface area contributed by atoms with Crippen LogP contribution in [0.3, 0.4) is 0 Å². The van der Waals surface area contributed by atoms with Gasteiger partial charge in [0, 0.05) is 13.1 Å². The van der Waals surface area contributed by atoms with Crippen molar-refractivity contribution in [2.24, 2.45) is 0 Å². The maximum Gasteiger partial charge on any atom is 0.673 e. The van der Waals surface area contributed by atoms with Crippen LogP contribution in [0.4, 0.5) is 17.3 Å². The first kappa shape index (κ1) is 12.7. The van der Waals surface area contributed by atoms with E-state index in [9.17, 15) is 17.3 Å². The fraction of sp³-hybridized carbons (Fsp3) is 0.571. The van der Waals surface area contributed by atoms with Gasteiger partial charge in [0.15, 0.2) is 0 Å². The van der Waals surface area contributed by atoms with Gasteiger partial charge in [0.25, 0.3) is 5.84 Å². The summed E-state index contributed by atoms with van der Waals surface area (Å²) in [5.74, 6) is 2.23. The maximum absolute atomic E-state index is 9.75. The van der Waals surface area contributed by atoms with Crippen LogP contribution < -0.4 is 20.9 Å². The summed E-state index contributed by atoms with van der Waals surface area (Å²) in [5, 5.41) is 9.70. The highest BCUT2D eigenvalue weighted by Crippen LogP contribution is 2.06. The Morgan fingerprint density at radius 2 is 1.56 bits per heavy atom. The topological polar surface area (TPSA) is 50.1 Å². The van der Waals surface area contributed by atoms with Gasteiger partial charge in [-0.1, -0.05) is 0 Å². The Morgan fingerprint density at radius 1 is 1.00 bits per heavy atom. The number of amidine groups is 1. The summed E-state index contributed by atoms with van der Waals surface area (Å²) >= 11 is 0. The molecule has 0 radical (unpaired) electrons. The molecule has 9 heteroatoms. The molecule has 0 bridgehead atoms. The number of hydrogen-bond donors (Lipinski definition) is 4. The van der Waals surface area contributed by atoms with E-state index in [4.69, 9.17) is 0 Å². The lowest BCUT2D eigenvalue weighted by molar-refractivity contribution is -0.443. The zero-order chi connectivity index (χ0) is 12.0. The van der Waals surface area contributed by atoms with E-state index >= 15 is 0 Å². The molecule has 0 amide bonds. The fourth-order valence-corrected chi connectivity index (χ4v) is 1.26. The van der Waals surface area contributed by atoms with Crippen molar-refractivity contribution in [2.75, 3.05) is 26.2 Å². The van der Waals surface area contributed by atoms with Crippen molar-refractivity contribution in [1.29, 1.82) is 0 Å². The van der Waals surface area contributed by atoms with Crippen LogP contribution in [0.2, 0.25) is 0 Å². The zero-order valence-corrected chi connectivity index (χ0v) is 8.49. The standard InChI is InChI=1S/C7H12N4.BF4/c1-2-9-6(8-1)5-7-10-3-4-11-7;2-1(3,4)5/h5,8-9H,1-4H2,(H,10,11);/q;-1/p+1. The first-order chi connectivity index (χ1) is 7.45. The van der Waals surface area contributed by atoms with Crippen molar-refractivity contribution in [2.45, 2.75) is 0 Å². The Bertz CT molecular complexity index is 275. The number of halogens is 4. The lowest BCUT2D eigenvalue weighted by Gasteiger charge is -1.95. The van der Waals surface area contributed by atoms with E-state index < -0.39 is 7.25 Å². The molecule has 0 saturated carbocycles. The molecule has 4 nitrogen and oxygen atoms in total. The van der Waals surface area contributed by atoms with Crippen molar-refractivity contribution >= 4 is 13.1 Å². The summed E-state index contributed by atoms with van der Waals surface area (Å²) in [6.07, 6.45) is 2.07. The van der Waals surface area contributed by atoms with Gasteiger partial charge in [-0.15, -0.1) is 0 Å². The van der Waals surface area contributed by atoms with E-state index in [0.29, 0.717) is 0 Å². The molecule has 0 aromatic carbocycles. The fourth-order valence-electron chi connectivity index (χ4n) is 1.26. The second-order valence-corrected chi connectivity index (χ2v) is 3.17. The summed E-state index contributed by atoms with van der Waals surface area (Å²) in [7, 11) is -6.00. The molecule has 2 rings (SSSR count). The summed E-state index contributed by atoms with van der Waals surface area (Å²) in [5.41, 5.74) is 0. The van der Waals surface area contributed by atoms with Gasteiger partial charge in [0.2, 0.25) is 0 Å². The molecule has 0 aliphatic carbocycles. The average Bonchev–Trinajstić information content (AvgIpc) is 2.74. The van der Waals surface area contributed by atoms with Gasteiger partial charge in [-0.2, -0.15) is 0 Å². The molecule has 0 atom stereocenters. The van der Waals surface area contributed by atoms with E-state index in [0.717, 1.165) is 37.8 Å². The molecule has 0 aromatic rings. The van der Waals surface area contributed by atoms with E-state index in [1.165, 1.54) is 0 Å². The lowest BCUT2D eigenvalue weighted by Crippen LogP contribution is -2.70. The van der Waals surface area contributed by atoms with Crippen LogP contribution in [0, 0.1) is 0 Å². The minimum Gasteiger partial charge on any atom is -0.418 e. The molecule has 0 aromatic heterocycles. The molecule has 1 saturated heterocycles. The minimum absolute atomic E-state index is 1.03. The van der Waals surface area contributed by atoms with Crippen molar-refractivity contribution < 1.29 is 22.3 Å². The molecular formula is C7H13BF4N4. The Balaban J connectivity index is 0.000000221. The predicted molar refractivity (Wildman–Crippen MR) is 53.1 cm³/mol. The Labute approximate surface area is 90.3 Å². The van der Waals surface area contributed by atoms with Crippen LogP contribution in [0.5, 0.6) is 0 Å². The average molecular weight is 240 g/mol. The Hall–Kier alpha value is -1.41. The van der Waals surface area contributed by atoms with Gasteiger partial charge < -0.3 is 27.9 Å². The Morgan fingerprint density at radius 3 is 2.00 bits per heavy atom. The summed E-state index contributed by atoms with van der Waals surface area (Å²) < 4.78 is 39.0. The van der Waals surface area contributed by atoms with Crippen LogP contribution in [0.25, 0.3) is 0 Å². The van der Waals surface area contributed by atoms with E-state index in [-0.39, 0.29) is 0 Å². The molecule has 1 fully saturated rings. The van der Waals surface area contributed by atoms with Gasteiger partial charge in [0.05, 0.1) is 6.08 Å². The molecule has 92 valence electrons. The third-order valence-electron chi connectivity index (χ3n) is 1.80. The van der Waals surface area contributed by atoms with Crippen molar-refractivity contribution in [1.82, 2.24) is 16.0 Å². The van der Waals surface area contributed by atoms with Crippen molar-refractivity contribution in [3.05, 3.63) is 11.9 Å². The van der Waals surface area contributed by atoms with Crippen molar-refractivity contribution in [3.63, 3.8) is 0 Å². The third kappa shape index (κ3) is 6.15. The van der Waals surface area contributed by atoms with Crippen molar-refractivity contribution in [3.8, 4) is 0 Å². The smallest absolute Gasteiger partial charge is 0.418 e. The molecule has 2 aliphatic rings. The number of hydrogen-bond acceptors (Lipinski definition) is 3. The highest BCUT2D eigenvalue weighted by atomic mass is 19.5. The van der Waals surface area contributed by atoms with Crippen LogP contribution in [0.1, 0.15) is 0 Å². The molecule has 0 spiro atoms. The zero-order valence-electron chi connectivity index (χ0n) is 8.49. The molecular weight excluding hydrogens is 227 g/mol. The lowest BCUT2D eigenvalue weighted by atomic mass is 10.3. The normalized spacial score (nSPS) is 18.8. The highest BCUT2D eigenvalue weighted by molar-refractivity contribution is 6.50. The maximum atomic E-state index is 9.75. The second-order valence-electron chi connectivity index (χ2n) is 3.17. The summed E-state index contributed by atoms with van der Waals surface area (Å²) in [6, 6.07) is 0. The van der Waals surface area contributed by atoms with E-state index in [1.54, 1.807) is 0 Å². The predicted octanol–water partition coefficient (Wildman–Crippen LogP) is -1.60. The van der Waals surface area contributed by atoms with Gasteiger partial charge in [-0.25, -0.2) is 0 Å².